The highest BCUT2D eigenvalue weighted by molar-refractivity contribution is 6.05. The molecule has 0 unspecified atom stereocenters. The van der Waals surface area contributed by atoms with E-state index in [0.717, 1.165) is 52.4 Å². The van der Waals surface area contributed by atoms with Gasteiger partial charge in [-0.25, -0.2) is 4.79 Å². The first-order valence-corrected chi connectivity index (χ1v) is 11.4. The Balaban J connectivity index is 1.53. The minimum Gasteiger partial charge on any atom is -0.469 e. The molecule has 2 bridgehead atoms. The number of alkyl carbamates (subject to hydrolysis) is 1. The Kier molecular flexibility index (Phi) is 4.58. The van der Waals surface area contributed by atoms with Crippen molar-refractivity contribution in [3.63, 3.8) is 0 Å². The third-order valence-corrected chi connectivity index (χ3v) is 7.05. The number of aryl methyl sites for hydroxylation is 1. The normalized spacial score (nSPS) is 24.7. The zero-order chi connectivity index (χ0) is 23.8. The van der Waals surface area contributed by atoms with E-state index in [-0.39, 0.29) is 22.8 Å². The fraction of sp³-hybridized carbons (Fsp3) is 0.500. The van der Waals surface area contributed by atoms with Crippen LogP contribution in [0.3, 0.4) is 0 Å². The Morgan fingerprint density at radius 1 is 1.18 bits per heavy atom. The third kappa shape index (κ3) is 3.28. The minimum atomic E-state index is -0.575. The number of methoxy groups -OCH3 is 1. The van der Waals surface area contributed by atoms with Crippen LogP contribution >= 0.6 is 0 Å². The highest BCUT2D eigenvalue weighted by Gasteiger charge is 2.73. The SMILES string of the molecule is COC(=O)C12CC(c3ccnc4c3oc3c([C@@H](C)NC(=O)OC(C)(C)C)cc(C)cc34)(C1)C2. The fourth-order valence-electron chi connectivity index (χ4n) is 5.74. The fourth-order valence-corrected chi connectivity index (χ4v) is 5.74. The number of nitrogens with one attached hydrogen (secondary N) is 1. The summed E-state index contributed by atoms with van der Waals surface area (Å²) in [6, 6.07) is 5.79. The van der Waals surface area contributed by atoms with Gasteiger partial charge in [-0.15, -0.1) is 0 Å². The van der Waals surface area contributed by atoms with Gasteiger partial charge in [-0.1, -0.05) is 6.07 Å². The number of furan rings is 1. The molecule has 2 heterocycles. The molecule has 3 aliphatic rings. The van der Waals surface area contributed by atoms with E-state index in [2.05, 4.69) is 16.4 Å². The van der Waals surface area contributed by atoms with E-state index < -0.39 is 11.7 Å². The number of benzene rings is 1. The number of aromatic nitrogens is 1. The van der Waals surface area contributed by atoms with Gasteiger partial charge in [0.25, 0.3) is 0 Å². The number of amides is 1. The Bertz CT molecular complexity index is 1280. The molecule has 0 radical (unpaired) electrons. The molecule has 0 saturated heterocycles. The molecule has 1 N–H and O–H groups in total. The second-order valence-corrected chi connectivity index (χ2v) is 10.8. The molecule has 33 heavy (non-hydrogen) atoms. The van der Waals surface area contributed by atoms with Crippen molar-refractivity contribution in [2.24, 2.45) is 5.41 Å². The van der Waals surface area contributed by atoms with Gasteiger partial charge in [0.05, 0.1) is 18.6 Å². The molecule has 6 rings (SSSR count). The van der Waals surface area contributed by atoms with Crippen LogP contribution in [-0.2, 0) is 19.7 Å². The summed E-state index contributed by atoms with van der Waals surface area (Å²) in [5.74, 6) is -0.112. The van der Waals surface area contributed by atoms with E-state index in [1.807, 2.05) is 52.9 Å². The maximum Gasteiger partial charge on any atom is 0.408 e. The molecular formula is C26H30N2O5. The molecule has 7 heteroatoms. The van der Waals surface area contributed by atoms with Gasteiger partial charge in [-0.2, -0.15) is 0 Å². The topological polar surface area (TPSA) is 90.7 Å². The lowest BCUT2D eigenvalue weighted by molar-refractivity contribution is -0.197. The third-order valence-electron chi connectivity index (χ3n) is 7.05. The van der Waals surface area contributed by atoms with E-state index in [9.17, 15) is 9.59 Å². The van der Waals surface area contributed by atoms with Crippen LogP contribution < -0.4 is 5.32 Å². The molecule has 3 fully saturated rings. The van der Waals surface area contributed by atoms with Crippen LogP contribution in [0, 0.1) is 12.3 Å². The molecular weight excluding hydrogens is 420 g/mol. The van der Waals surface area contributed by atoms with Gasteiger partial charge in [0.2, 0.25) is 0 Å². The number of fused-ring (bicyclic) bond motifs is 3. The number of carbonyl (C=O) groups excluding carboxylic acids is 2. The number of rotatable bonds is 4. The van der Waals surface area contributed by atoms with E-state index in [0.29, 0.717) is 5.58 Å². The molecule has 7 nitrogen and oxygen atoms in total. The van der Waals surface area contributed by atoms with Gasteiger partial charge in [0.15, 0.2) is 5.58 Å². The number of esters is 1. The predicted octanol–water partition coefficient (Wildman–Crippen LogP) is 5.47. The van der Waals surface area contributed by atoms with Crippen LogP contribution in [-0.4, -0.2) is 29.8 Å². The highest BCUT2D eigenvalue weighted by atomic mass is 16.6. The van der Waals surface area contributed by atoms with Gasteiger partial charge in [0.1, 0.15) is 16.7 Å². The van der Waals surface area contributed by atoms with Crippen molar-refractivity contribution in [3.05, 3.63) is 41.1 Å². The van der Waals surface area contributed by atoms with Gasteiger partial charge in [0, 0.05) is 28.1 Å². The molecule has 174 valence electrons. The first-order valence-electron chi connectivity index (χ1n) is 11.4. The molecule has 0 spiro atoms. The highest BCUT2D eigenvalue weighted by Crippen LogP contribution is 2.74. The van der Waals surface area contributed by atoms with Crippen LogP contribution in [0.4, 0.5) is 4.79 Å². The second kappa shape index (κ2) is 6.95. The van der Waals surface area contributed by atoms with Gasteiger partial charge >= 0.3 is 12.1 Å². The number of pyridine rings is 1. The van der Waals surface area contributed by atoms with Gasteiger partial charge in [-0.05, 0) is 71.6 Å². The number of nitrogens with zero attached hydrogens (tertiary/aromatic N) is 1. The van der Waals surface area contributed by atoms with Crippen LogP contribution in [0.15, 0.2) is 28.8 Å². The summed E-state index contributed by atoms with van der Waals surface area (Å²) in [6.07, 6.45) is 3.70. The Morgan fingerprint density at radius 3 is 2.52 bits per heavy atom. The lowest BCUT2D eigenvalue weighted by Crippen LogP contribution is -2.68. The van der Waals surface area contributed by atoms with Crippen LogP contribution in [0.25, 0.3) is 22.1 Å². The first-order chi connectivity index (χ1) is 15.5. The largest absolute Gasteiger partial charge is 0.469 e. The summed E-state index contributed by atoms with van der Waals surface area (Å²) in [5.41, 5.74) is 4.37. The molecule has 3 aromatic rings. The predicted molar refractivity (Wildman–Crippen MR) is 124 cm³/mol. The van der Waals surface area contributed by atoms with E-state index in [4.69, 9.17) is 13.9 Å². The average molecular weight is 451 g/mol. The summed E-state index contributed by atoms with van der Waals surface area (Å²) < 4.78 is 16.9. The number of ether oxygens (including phenoxy) is 2. The zero-order valence-electron chi connectivity index (χ0n) is 20.0. The van der Waals surface area contributed by atoms with Crippen molar-refractivity contribution in [2.45, 2.75) is 70.9 Å². The molecule has 3 saturated carbocycles. The van der Waals surface area contributed by atoms with E-state index in [1.54, 1.807) is 0 Å². The first kappa shape index (κ1) is 21.7. The van der Waals surface area contributed by atoms with Gasteiger partial charge in [-0.3, -0.25) is 9.78 Å². The maximum absolute atomic E-state index is 12.4. The lowest BCUT2D eigenvalue weighted by Gasteiger charge is -2.68. The van der Waals surface area contributed by atoms with Crippen molar-refractivity contribution >= 4 is 34.1 Å². The van der Waals surface area contributed by atoms with E-state index >= 15 is 0 Å². The van der Waals surface area contributed by atoms with Crippen LogP contribution in [0.2, 0.25) is 0 Å². The van der Waals surface area contributed by atoms with Crippen molar-refractivity contribution in [1.29, 1.82) is 0 Å². The maximum atomic E-state index is 12.4. The molecule has 0 aliphatic heterocycles. The second-order valence-electron chi connectivity index (χ2n) is 10.8. The van der Waals surface area contributed by atoms with Crippen molar-refractivity contribution in [1.82, 2.24) is 10.3 Å². The zero-order valence-corrected chi connectivity index (χ0v) is 20.0. The van der Waals surface area contributed by atoms with E-state index in [1.165, 1.54) is 7.11 Å². The molecule has 1 atom stereocenters. The summed E-state index contributed by atoms with van der Waals surface area (Å²) in [6.45, 7) is 9.45. The average Bonchev–Trinajstić information content (AvgIpc) is 3.02. The monoisotopic (exact) mass is 450 g/mol. The molecule has 2 aromatic heterocycles. The molecule has 1 aromatic carbocycles. The smallest absolute Gasteiger partial charge is 0.408 e. The number of carbonyl (C=O) groups is 2. The minimum absolute atomic E-state index is 0.0567. The van der Waals surface area contributed by atoms with Crippen molar-refractivity contribution in [2.75, 3.05) is 7.11 Å². The summed E-state index contributed by atoms with van der Waals surface area (Å²) in [5, 5.41) is 3.85. The van der Waals surface area contributed by atoms with Crippen molar-refractivity contribution < 1.29 is 23.5 Å². The standard InChI is InChI=1S/C26H30N2O5/c1-14-9-16(15(2)28-23(30)33-24(3,4)5)20-17(10-14)19-21(32-20)18(7-8-27-19)25-11-26(12-25,13-25)22(29)31-6/h7-10,15H,11-13H2,1-6H3,(H,28,30)/t15-,25?,26?/m1/s1. The summed E-state index contributed by atoms with van der Waals surface area (Å²) in [7, 11) is 1.45. The van der Waals surface area contributed by atoms with Crippen LogP contribution in [0.1, 0.15) is 69.7 Å². The summed E-state index contributed by atoms with van der Waals surface area (Å²) in [4.78, 5) is 29.2. The van der Waals surface area contributed by atoms with Gasteiger partial charge < -0.3 is 19.2 Å². The Morgan fingerprint density at radius 2 is 1.88 bits per heavy atom. The molecule has 1 amide bonds. The quantitative estimate of drug-likeness (QED) is 0.530. The summed E-state index contributed by atoms with van der Waals surface area (Å²) >= 11 is 0. The van der Waals surface area contributed by atoms with Crippen LogP contribution in [0.5, 0.6) is 0 Å². The molecule has 3 aliphatic carbocycles. The Labute approximate surface area is 192 Å². The Hall–Kier alpha value is -3.09. The lowest BCUT2D eigenvalue weighted by atomic mass is 9.33. The number of hydrogen-bond donors (Lipinski definition) is 1. The number of hydrogen-bond acceptors (Lipinski definition) is 6. The van der Waals surface area contributed by atoms with Crippen molar-refractivity contribution in [3.8, 4) is 0 Å².